The Bertz CT molecular complexity index is 465. The summed E-state index contributed by atoms with van der Waals surface area (Å²) in [5.74, 6) is 1.39. The number of likely N-dealkylation sites (tertiary alicyclic amines) is 1. The predicted octanol–water partition coefficient (Wildman–Crippen LogP) is 3.02. The summed E-state index contributed by atoms with van der Waals surface area (Å²) in [6.07, 6.45) is 1.18. The van der Waals surface area contributed by atoms with Gasteiger partial charge in [-0.15, -0.1) is 0 Å². The van der Waals surface area contributed by atoms with Crippen LogP contribution in [0.1, 0.15) is 18.9 Å². The first kappa shape index (κ1) is 13.5. The third-order valence-electron chi connectivity index (χ3n) is 4.65. The van der Waals surface area contributed by atoms with Crippen LogP contribution in [0.5, 0.6) is 0 Å². The molecule has 2 aliphatic rings. The van der Waals surface area contributed by atoms with E-state index in [1.807, 2.05) is 6.07 Å². The highest BCUT2D eigenvalue weighted by molar-refractivity contribution is 9.10. The van der Waals surface area contributed by atoms with E-state index in [0.29, 0.717) is 10.5 Å². The zero-order valence-electron chi connectivity index (χ0n) is 11.2. The molecule has 0 saturated carbocycles. The van der Waals surface area contributed by atoms with Crippen LogP contribution in [0.2, 0.25) is 0 Å². The Morgan fingerprint density at radius 2 is 2.26 bits per heavy atom. The van der Waals surface area contributed by atoms with Gasteiger partial charge in [0.15, 0.2) is 0 Å². The maximum Gasteiger partial charge on any atom is 0.137 e. The SMILES string of the molecule is CCC1C2CNCC2CN1Cc1cccc(F)c1Br. The van der Waals surface area contributed by atoms with Gasteiger partial charge in [-0.1, -0.05) is 19.1 Å². The Kier molecular flexibility index (Phi) is 3.92. The molecule has 0 aliphatic carbocycles. The van der Waals surface area contributed by atoms with Gasteiger partial charge < -0.3 is 5.32 Å². The largest absolute Gasteiger partial charge is 0.316 e. The normalized spacial score (nSPS) is 30.8. The quantitative estimate of drug-likeness (QED) is 0.918. The number of fused-ring (bicyclic) bond motifs is 1. The fourth-order valence-corrected chi connectivity index (χ4v) is 4.13. The summed E-state index contributed by atoms with van der Waals surface area (Å²) in [4.78, 5) is 2.54. The highest BCUT2D eigenvalue weighted by Crippen LogP contribution is 2.36. The van der Waals surface area contributed by atoms with Gasteiger partial charge in [-0.25, -0.2) is 4.39 Å². The lowest BCUT2D eigenvalue weighted by atomic mass is 9.93. The van der Waals surface area contributed by atoms with Crippen molar-refractivity contribution < 1.29 is 4.39 Å². The maximum atomic E-state index is 13.6. The van der Waals surface area contributed by atoms with Gasteiger partial charge in [0.1, 0.15) is 5.82 Å². The molecule has 4 heteroatoms. The van der Waals surface area contributed by atoms with Gasteiger partial charge in [-0.05, 0) is 58.9 Å². The predicted molar refractivity (Wildman–Crippen MR) is 78.4 cm³/mol. The van der Waals surface area contributed by atoms with Crippen molar-refractivity contribution >= 4 is 15.9 Å². The Morgan fingerprint density at radius 3 is 3.05 bits per heavy atom. The zero-order valence-corrected chi connectivity index (χ0v) is 12.8. The molecule has 1 aromatic carbocycles. The number of nitrogens with one attached hydrogen (secondary N) is 1. The van der Waals surface area contributed by atoms with Crippen molar-refractivity contribution in [3.63, 3.8) is 0 Å². The summed E-state index contributed by atoms with van der Waals surface area (Å²) in [5.41, 5.74) is 1.06. The molecule has 3 rings (SSSR count). The third kappa shape index (κ3) is 2.46. The number of hydrogen-bond acceptors (Lipinski definition) is 2. The molecular formula is C15H20BrFN2. The molecule has 19 heavy (non-hydrogen) atoms. The first-order chi connectivity index (χ1) is 9.20. The van der Waals surface area contributed by atoms with E-state index in [1.54, 1.807) is 6.07 Å². The van der Waals surface area contributed by atoms with Gasteiger partial charge in [0.05, 0.1) is 4.47 Å². The minimum Gasteiger partial charge on any atom is -0.316 e. The first-order valence-electron chi connectivity index (χ1n) is 7.08. The topological polar surface area (TPSA) is 15.3 Å². The van der Waals surface area contributed by atoms with E-state index >= 15 is 0 Å². The monoisotopic (exact) mass is 326 g/mol. The van der Waals surface area contributed by atoms with Gasteiger partial charge in [0, 0.05) is 19.1 Å². The van der Waals surface area contributed by atoms with Gasteiger partial charge >= 0.3 is 0 Å². The van der Waals surface area contributed by atoms with Gasteiger partial charge in [0.25, 0.3) is 0 Å². The van der Waals surface area contributed by atoms with Crippen molar-refractivity contribution in [1.29, 1.82) is 0 Å². The lowest BCUT2D eigenvalue weighted by molar-refractivity contribution is 0.210. The van der Waals surface area contributed by atoms with E-state index in [2.05, 4.69) is 33.1 Å². The van der Waals surface area contributed by atoms with Crippen LogP contribution in [0.15, 0.2) is 22.7 Å². The second-order valence-corrected chi connectivity index (χ2v) is 6.49. The molecule has 0 spiro atoms. The van der Waals surface area contributed by atoms with Crippen LogP contribution in [0.4, 0.5) is 4.39 Å². The second kappa shape index (κ2) is 5.51. The average molecular weight is 327 g/mol. The highest BCUT2D eigenvalue weighted by atomic mass is 79.9. The first-order valence-corrected chi connectivity index (χ1v) is 7.87. The second-order valence-electron chi connectivity index (χ2n) is 5.70. The minimum atomic E-state index is -0.161. The summed E-state index contributed by atoms with van der Waals surface area (Å²) in [6.45, 7) is 6.54. The van der Waals surface area contributed by atoms with Crippen molar-refractivity contribution in [3.8, 4) is 0 Å². The molecule has 2 heterocycles. The van der Waals surface area contributed by atoms with Crippen molar-refractivity contribution in [3.05, 3.63) is 34.1 Å². The number of nitrogens with zero attached hydrogens (tertiary/aromatic N) is 1. The Hall–Kier alpha value is -0.450. The smallest absolute Gasteiger partial charge is 0.137 e. The molecule has 0 aromatic heterocycles. The van der Waals surface area contributed by atoms with E-state index in [9.17, 15) is 4.39 Å². The summed E-state index contributed by atoms with van der Waals surface area (Å²) < 4.78 is 14.2. The lowest BCUT2D eigenvalue weighted by Gasteiger charge is -2.27. The molecule has 2 fully saturated rings. The highest BCUT2D eigenvalue weighted by Gasteiger charge is 2.42. The molecule has 3 atom stereocenters. The number of halogens is 2. The van der Waals surface area contributed by atoms with Crippen LogP contribution in [0, 0.1) is 17.7 Å². The van der Waals surface area contributed by atoms with E-state index < -0.39 is 0 Å². The van der Waals surface area contributed by atoms with Crippen molar-refractivity contribution in [2.45, 2.75) is 25.9 Å². The molecule has 2 saturated heterocycles. The van der Waals surface area contributed by atoms with Crippen LogP contribution in [-0.2, 0) is 6.54 Å². The molecule has 2 aliphatic heterocycles. The number of rotatable bonds is 3. The van der Waals surface area contributed by atoms with Crippen LogP contribution in [0.25, 0.3) is 0 Å². The van der Waals surface area contributed by atoms with E-state index in [0.717, 1.165) is 43.6 Å². The molecule has 0 radical (unpaired) electrons. The number of hydrogen-bond donors (Lipinski definition) is 1. The minimum absolute atomic E-state index is 0.161. The molecule has 3 unspecified atom stereocenters. The van der Waals surface area contributed by atoms with E-state index in [4.69, 9.17) is 0 Å². The van der Waals surface area contributed by atoms with E-state index in [1.165, 1.54) is 12.5 Å². The maximum absolute atomic E-state index is 13.6. The van der Waals surface area contributed by atoms with Gasteiger partial charge in [0.2, 0.25) is 0 Å². The Balaban J connectivity index is 1.78. The molecule has 2 nitrogen and oxygen atoms in total. The molecule has 1 aromatic rings. The van der Waals surface area contributed by atoms with E-state index in [-0.39, 0.29) is 5.82 Å². The Morgan fingerprint density at radius 1 is 1.42 bits per heavy atom. The molecule has 1 N–H and O–H groups in total. The van der Waals surface area contributed by atoms with Gasteiger partial charge in [-0.3, -0.25) is 4.90 Å². The lowest BCUT2D eigenvalue weighted by Crippen LogP contribution is -2.34. The number of benzene rings is 1. The summed E-state index contributed by atoms with van der Waals surface area (Å²) >= 11 is 3.38. The molecule has 0 bridgehead atoms. The average Bonchev–Trinajstić information content (AvgIpc) is 2.95. The third-order valence-corrected chi connectivity index (χ3v) is 5.54. The summed E-state index contributed by atoms with van der Waals surface area (Å²) in [6, 6.07) is 5.96. The molecule has 0 amide bonds. The van der Waals surface area contributed by atoms with Crippen molar-refractivity contribution in [2.24, 2.45) is 11.8 Å². The fourth-order valence-electron chi connectivity index (χ4n) is 3.74. The standard InChI is InChI=1S/C15H20BrFN2/c1-2-14-12-7-18-6-11(12)9-19(14)8-10-4-3-5-13(17)15(10)16/h3-5,11-12,14,18H,2,6-9H2,1H3. The summed E-state index contributed by atoms with van der Waals surface area (Å²) in [5, 5.41) is 3.50. The van der Waals surface area contributed by atoms with Crippen LogP contribution >= 0.6 is 15.9 Å². The van der Waals surface area contributed by atoms with Crippen LogP contribution in [0.3, 0.4) is 0 Å². The summed E-state index contributed by atoms with van der Waals surface area (Å²) in [7, 11) is 0. The fraction of sp³-hybridized carbons (Fsp3) is 0.600. The molecule has 104 valence electrons. The van der Waals surface area contributed by atoms with Crippen molar-refractivity contribution in [2.75, 3.05) is 19.6 Å². The van der Waals surface area contributed by atoms with Crippen LogP contribution in [-0.4, -0.2) is 30.6 Å². The van der Waals surface area contributed by atoms with Crippen molar-refractivity contribution in [1.82, 2.24) is 10.2 Å². The van der Waals surface area contributed by atoms with Crippen LogP contribution < -0.4 is 5.32 Å². The van der Waals surface area contributed by atoms with Gasteiger partial charge in [-0.2, -0.15) is 0 Å². The Labute approximate surface area is 122 Å². The zero-order chi connectivity index (χ0) is 13.4. The molecular weight excluding hydrogens is 307 g/mol.